The van der Waals surface area contributed by atoms with Crippen molar-refractivity contribution in [2.75, 3.05) is 5.75 Å². The van der Waals surface area contributed by atoms with Gasteiger partial charge in [0.15, 0.2) is 24.4 Å². The van der Waals surface area contributed by atoms with Crippen LogP contribution in [0.15, 0.2) is 91.0 Å². The Labute approximate surface area is 241 Å². The molecule has 0 radical (unpaired) electrons. The molecule has 3 aromatic rings. The lowest BCUT2D eigenvalue weighted by atomic mass is 10.1. The Morgan fingerprint density at radius 2 is 1.20 bits per heavy atom. The van der Waals surface area contributed by atoms with Gasteiger partial charge in [0.1, 0.15) is 0 Å². The maximum atomic E-state index is 13.7. The fourth-order valence-corrected chi connectivity index (χ4v) is 8.56. The lowest BCUT2D eigenvalue weighted by Crippen LogP contribution is -2.59. The van der Waals surface area contributed by atoms with Crippen molar-refractivity contribution in [3.63, 3.8) is 0 Å². The van der Waals surface area contributed by atoms with Gasteiger partial charge in [-0.1, -0.05) is 97.9 Å². The van der Waals surface area contributed by atoms with E-state index < -0.39 is 65.3 Å². The Morgan fingerprint density at radius 3 is 1.68 bits per heavy atom. The van der Waals surface area contributed by atoms with Gasteiger partial charge in [0.25, 0.3) is 5.91 Å². The Bertz CT molecular complexity index is 1560. The number of hydrogen-bond donors (Lipinski definition) is 2. The number of hydrogen-bond acceptors (Lipinski definition) is 7. The third kappa shape index (κ3) is 8.58. The van der Waals surface area contributed by atoms with Crippen LogP contribution in [0.1, 0.15) is 37.0 Å². The molecule has 0 fully saturated rings. The number of carbonyl (C=O) groups is 3. The molecule has 0 spiro atoms. The van der Waals surface area contributed by atoms with Gasteiger partial charge in [-0.2, -0.15) is 0 Å². The lowest BCUT2D eigenvalue weighted by Gasteiger charge is -2.30. The fourth-order valence-electron chi connectivity index (χ4n) is 4.24. The van der Waals surface area contributed by atoms with E-state index in [0.717, 1.165) is 12.5 Å². The highest BCUT2D eigenvalue weighted by atomic mass is 32.2. The SMILES string of the molecule is CC[C@H](NC(=O)C(C)(CS(=O)(=O)Cc1ccccc1)S(=O)(=O)Cc1ccccc1)C(=O)C(=O)NCc1ccccc1. The summed E-state index contributed by atoms with van der Waals surface area (Å²) in [4.78, 5) is 39.2. The molecule has 2 amide bonds. The monoisotopic (exact) mass is 598 g/mol. The van der Waals surface area contributed by atoms with Gasteiger partial charge in [0.2, 0.25) is 11.7 Å². The average molecular weight is 599 g/mol. The highest BCUT2D eigenvalue weighted by Gasteiger charge is 2.50. The molecule has 3 rings (SSSR count). The molecule has 2 N–H and O–H groups in total. The fraction of sp³-hybridized carbons (Fsp3) is 0.300. The molecule has 11 heteroatoms. The van der Waals surface area contributed by atoms with E-state index in [1.807, 2.05) is 6.07 Å². The highest BCUT2D eigenvalue weighted by molar-refractivity contribution is 7.96. The zero-order chi connectivity index (χ0) is 30.1. The minimum Gasteiger partial charge on any atom is -0.345 e. The number of benzene rings is 3. The maximum absolute atomic E-state index is 13.7. The van der Waals surface area contributed by atoms with Crippen molar-refractivity contribution in [2.45, 2.75) is 49.1 Å². The topological polar surface area (TPSA) is 144 Å². The Morgan fingerprint density at radius 1 is 0.732 bits per heavy atom. The van der Waals surface area contributed by atoms with E-state index in [0.29, 0.717) is 11.1 Å². The third-order valence-electron chi connectivity index (χ3n) is 6.64. The van der Waals surface area contributed by atoms with E-state index in [4.69, 9.17) is 0 Å². The first-order valence-electron chi connectivity index (χ1n) is 13.0. The number of nitrogens with one attached hydrogen (secondary N) is 2. The summed E-state index contributed by atoms with van der Waals surface area (Å²) in [5.41, 5.74) is 1.57. The summed E-state index contributed by atoms with van der Waals surface area (Å²) >= 11 is 0. The summed E-state index contributed by atoms with van der Waals surface area (Å²) in [6.07, 6.45) is -0.0189. The molecule has 0 aliphatic carbocycles. The van der Waals surface area contributed by atoms with Gasteiger partial charge >= 0.3 is 0 Å². The molecular formula is C30H34N2O7S2. The number of rotatable bonds is 14. The third-order valence-corrected chi connectivity index (χ3v) is 11.0. The molecule has 41 heavy (non-hydrogen) atoms. The first-order valence-corrected chi connectivity index (χ1v) is 16.5. The molecule has 2 atom stereocenters. The van der Waals surface area contributed by atoms with E-state index in [1.165, 1.54) is 0 Å². The van der Waals surface area contributed by atoms with Crippen LogP contribution in [-0.4, -0.2) is 51.0 Å². The van der Waals surface area contributed by atoms with Crippen LogP contribution < -0.4 is 10.6 Å². The zero-order valence-corrected chi connectivity index (χ0v) is 24.6. The second-order valence-electron chi connectivity index (χ2n) is 9.96. The largest absolute Gasteiger partial charge is 0.345 e. The first-order chi connectivity index (χ1) is 19.4. The number of ketones is 1. The van der Waals surface area contributed by atoms with Crippen LogP contribution in [0.25, 0.3) is 0 Å². The molecule has 1 unspecified atom stereocenters. The maximum Gasteiger partial charge on any atom is 0.289 e. The molecule has 0 saturated heterocycles. The van der Waals surface area contributed by atoms with Crippen molar-refractivity contribution in [1.29, 1.82) is 0 Å². The van der Waals surface area contributed by atoms with Crippen molar-refractivity contribution < 1.29 is 31.2 Å². The molecule has 0 bridgehead atoms. The normalized spacial score (nSPS) is 13.9. The van der Waals surface area contributed by atoms with Gasteiger partial charge in [-0.15, -0.1) is 0 Å². The van der Waals surface area contributed by atoms with E-state index in [2.05, 4.69) is 10.6 Å². The lowest BCUT2D eigenvalue weighted by molar-refractivity contribution is -0.140. The van der Waals surface area contributed by atoms with E-state index in [1.54, 1.807) is 91.9 Å². The van der Waals surface area contributed by atoms with Crippen LogP contribution in [0.3, 0.4) is 0 Å². The number of amides is 2. The Hall–Kier alpha value is -3.83. The summed E-state index contributed by atoms with van der Waals surface area (Å²) < 4.78 is 51.5. The second kappa shape index (κ2) is 13.7. The number of sulfone groups is 2. The zero-order valence-electron chi connectivity index (χ0n) is 22.9. The predicted molar refractivity (Wildman–Crippen MR) is 157 cm³/mol. The van der Waals surface area contributed by atoms with Crippen molar-refractivity contribution in [1.82, 2.24) is 10.6 Å². The van der Waals surface area contributed by atoms with Gasteiger partial charge in [0.05, 0.1) is 23.3 Å². The van der Waals surface area contributed by atoms with E-state index >= 15 is 0 Å². The van der Waals surface area contributed by atoms with Crippen molar-refractivity contribution in [3.8, 4) is 0 Å². The molecule has 0 heterocycles. The van der Waals surface area contributed by atoms with Gasteiger partial charge in [-0.25, -0.2) is 16.8 Å². The molecule has 0 saturated carbocycles. The Balaban J connectivity index is 1.86. The molecule has 9 nitrogen and oxygen atoms in total. The summed E-state index contributed by atoms with van der Waals surface area (Å²) in [5, 5.41) is 4.87. The first kappa shape index (κ1) is 31.7. The van der Waals surface area contributed by atoms with Crippen molar-refractivity contribution in [2.24, 2.45) is 0 Å². The average Bonchev–Trinajstić information content (AvgIpc) is 2.94. The Kier molecular flexibility index (Phi) is 10.6. The van der Waals surface area contributed by atoms with Gasteiger partial charge < -0.3 is 10.6 Å². The summed E-state index contributed by atoms with van der Waals surface area (Å²) in [5.74, 6) is -5.17. The summed E-state index contributed by atoms with van der Waals surface area (Å²) in [6.45, 7) is 2.68. The second-order valence-corrected chi connectivity index (χ2v) is 14.4. The smallest absolute Gasteiger partial charge is 0.289 e. The molecule has 3 aromatic carbocycles. The molecule has 0 aliphatic rings. The standard InChI is InChI=1S/C30H34N2O7S2/c1-3-26(27(33)28(34)31-19-23-13-7-4-8-14-23)32-29(35)30(2,41(38,39)21-25-17-11-6-12-18-25)22-40(36,37)20-24-15-9-5-10-16-24/h4-18,26H,3,19-22H2,1-2H3,(H,31,34)(H,32,35)/t26-,30?/m0/s1. The summed E-state index contributed by atoms with van der Waals surface area (Å²) in [6, 6.07) is 23.8. The van der Waals surface area contributed by atoms with Crippen LogP contribution in [0.5, 0.6) is 0 Å². The minimum atomic E-state index is -4.45. The van der Waals surface area contributed by atoms with Crippen molar-refractivity contribution in [3.05, 3.63) is 108 Å². The van der Waals surface area contributed by atoms with Crippen LogP contribution in [0.2, 0.25) is 0 Å². The van der Waals surface area contributed by atoms with Crippen LogP contribution >= 0.6 is 0 Å². The predicted octanol–water partition coefficient (Wildman–Crippen LogP) is 2.76. The number of Topliss-reactive ketones (excluding diaryl/α,β-unsaturated/α-hetero) is 1. The van der Waals surface area contributed by atoms with E-state index in [9.17, 15) is 31.2 Å². The molecule has 0 aromatic heterocycles. The number of carbonyl (C=O) groups excluding carboxylic acids is 3. The summed E-state index contributed by atoms with van der Waals surface area (Å²) in [7, 11) is -8.58. The van der Waals surface area contributed by atoms with Crippen molar-refractivity contribution >= 4 is 37.3 Å². The molecular weight excluding hydrogens is 564 g/mol. The minimum absolute atomic E-state index is 0.0189. The molecule has 0 aliphatic heterocycles. The highest BCUT2D eigenvalue weighted by Crippen LogP contribution is 2.26. The van der Waals surface area contributed by atoms with Gasteiger partial charge in [0, 0.05) is 6.54 Å². The van der Waals surface area contributed by atoms with Gasteiger partial charge in [-0.3, -0.25) is 14.4 Å². The van der Waals surface area contributed by atoms with Crippen LogP contribution in [-0.2, 0) is 52.1 Å². The quantitative estimate of drug-likeness (QED) is 0.272. The van der Waals surface area contributed by atoms with Crippen LogP contribution in [0, 0.1) is 0 Å². The van der Waals surface area contributed by atoms with E-state index in [-0.39, 0.29) is 13.0 Å². The molecule has 218 valence electrons. The van der Waals surface area contributed by atoms with Crippen LogP contribution in [0.4, 0.5) is 0 Å². The van der Waals surface area contributed by atoms with Gasteiger partial charge in [-0.05, 0) is 30.0 Å².